The number of aryl methyl sites for hydroxylation is 2. The van der Waals surface area contributed by atoms with Crippen molar-refractivity contribution in [2.45, 2.75) is 298 Å². The number of fused-ring (bicyclic) bond motifs is 2. The topological polar surface area (TPSA) is 389 Å². The molecule has 150 heavy (non-hydrogen) atoms. The van der Waals surface area contributed by atoms with Crippen LogP contribution in [0.25, 0.3) is 33.5 Å². The Balaban J connectivity index is 0.000000158. The van der Waals surface area contributed by atoms with Crippen molar-refractivity contribution >= 4 is 104 Å². The summed E-state index contributed by atoms with van der Waals surface area (Å²) < 4.78 is 6.79. The number of hydrogen-bond acceptors (Lipinski definition) is 20. The minimum Gasteiger partial charge on any atom is -0.443 e. The summed E-state index contributed by atoms with van der Waals surface area (Å²) in [6.45, 7) is 22.8. The van der Waals surface area contributed by atoms with Crippen LogP contribution in [0.1, 0.15) is 290 Å². The van der Waals surface area contributed by atoms with Gasteiger partial charge in [0, 0.05) is 84.4 Å². The molecule has 7 N–H and O–H groups in total. The molecule has 12 atom stereocenters. The molecule has 6 aromatic carbocycles. The number of nitrogens with one attached hydrogen (secondary N) is 7. The van der Waals surface area contributed by atoms with Gasteiger partial charge in [-0.15, -0.1) is 11.3 Å². The second kappa shape index (κ2) is 54.3. The van der Waals surface area contributed by atoms with Gasteiger partial charge in [0.05, 0.1) is 30.5 Å². The number of anilines is 2. The number of oxazole rings is 1. The quantitative estimate of drug-likeness (QED) is 0.0188. The fraction of sp³-hybridized carbons (Fsp3) is 0.483. The Hall–Kier alpha value is -13.5. The molecule has 796 valence electrons. The molecule has 4 saturated heterocycles. The molecular weight excluding hydrogens is 1930 g/mol. The second-order valence-corrected chi connectivity index (χ2v) is 43.4. The highest BCUT2D eigenvalue weighted by Gasteiger charge is 2.48. The number of amides is 11. The van der Waals surface area contributed by atoms with E-state index in [1.165, 1.54) is 51.7 Å². The van der Waals surface area contributed by atoms with Crippen molar-refractivity contribution in [2.24, 2.45) is 41.4 Å². The molecule has 3 aliphatic carbocycles. The van der Waals surface area contributed by atoms with Gasteiger partial charge in [-0.25, -0.2) is 19.9 Å². The third-order valence-electron chi connectivity index (χ3n) is 30.5. The Morgan fingerprint density at radius 3 is 1.67 bits per heavy atom. The lowest BCUT2D eigenvalue weighted by atomic mass is 9.83. The van der Waals surface area contributed by atoms with E-state index in [1.54, 1.807) is 27.8 Å². The van der Waals surface area contributed by atoms with E-state index in [9.17, 15) is 62.3 Å². The van der Waals surface area contributed by atoms with E-state index in [-0.39, 0.29) is 155 Å². The van der Waals surface area contributed by atoms with Crippen LogP contribution in [0, 0.1) is 48.3 Å². The number of thiazole rings is 2. The predicted molar refractivity (Wildman–Crippen MR) is 584 cm³/mol. The van der Waals surface area contributed by atoms with Gasteiger partial charge in [0.25, 0.3) is 11.4 Å². The number of carbonyl (C=O) groups excluding carboxylic acids is 12. The van der Waals surface area contributed by atoms with E-state index in [1.807, 2.05) is 243 Å². The van der Waals surface area contributed by atoms with Gasteiger partial charge in [0.2, 0.25) is 70.8 Å². The van der Waals surface area contributed by atoms with Gasteiger partial charge < -0.3 is 61.2 Å². The minimum absolute atomic E-state index is 0.00936. The first-order valence-electron chi connectivity index (χ1n) is 54.2. The maximum atomic E-state index is 14.2. The smallest absolute Gasteiger partial charge is 0.278 e. The fourth-order valence-corrected chi connectivity index (χ4v) is 22.8. The lowest BCUT2D eigenvalue weighted by Crippen LogP contribution is -2.61. The first-order valence-corrected chi connectivity index (χ1v) is 55.9. The first-order chi connectivity index (χ1) is 72.5. The molecule has 17 rings (SSSR count). The predicted octanol–water partition coefficient (Wildman–Crippen LogP) is 19.1. The summed E-state index contributed by atoms with van der Waals surface area (Å²) in [5, 5.41) is 25.0. The highest BCUT2D eigenvalue weighted by atomic mass is 32.1. The van der Waals surface area contributed by atoms with Gasteiger partial charge in [-0.1, -0.05) is 295 Å². The number of ketones is 1. The van der Waals surface area contributed by atoms with Crippen LogP contribution < -0.4 is 42.8 Å². The molecule has 0 spiro atoms. The van der Waals surface area contributed by atoms with Crippen molar-refractivity contribution in [3.8, 4) is 33.5 Å². The summed E-state index contributed by atoms with van der Waals surface area (Å²) in [5.74, 6) is -1.41. The van der Waals surface area contributed by atoms with Crippen LogP contribution in [-0.2, 0) is 65.7 Å². The Morgan fingerprint density at radius 1 is 0.507 bits per heavy atom. The van der Waals surface area contributed by atoms with Gasteiger partial charge in [-0.2, -0.15) is 0 Å². The summed E-state index contributed by atoms with van der Waals surface area (Å²) in [6, 6.07) is 50.1. The van der Waals surface area contributed by atoms with Crippen molar-refractivity contribution in [1.29, 1.82) is 0 Å². The number of nitrogens with zero attached hydrogens (tertiary/aromatic N) is 9. The van der Waals surface area contributed by atoms with Crippen LogP contribution in [-0.4, -0.2) is 177 Å². The van der Waals surface area contributed by atoms with Crippen LogP contribution in [0.15, 0.2) is 203 Å². The molecule has 11 amide bonds. The summed E-state index contributed by atoms with van der Waals surface area (Å²) >= 11 is 2.74. The van der Waals surface area contributed by atoms with Crippen molar-refractivity contribution < 1.29 is 62.0 Å². The van der Waals surface area contributed by atoms with Crippen molar-refractivity contribution in [2.75, 3.05) is 36.8 Å². The highest BCUT2D eigenvalue weighted by Crippen LogP contribution is 2.42. The molecule has 7 aliphatic rings. The van der Waals surface area contributed by atoms with Crippen molar-refractivity contribution in [1.82, 2.24) is 70.7 Å². The van der Waals surface area contributed by atoms with Crippen LogP contribution in [0.5, 0.6) is 0 Å². The molecule has 2 saturated carbocycles. The van der Waals surface area contributed by atoms with E-state index in [0.717, 1.165) is 141 Å². The fourth-order valence-electron chi connectivity index (χ4n) is 20.9. The maximum Gasteiger partial charge on any atom is 0.278 e. The highest BCUT2D eigenvalue weighted by molar-refractivity contribution is 7.19. The zero-order valence-corrected chi connectivity index (χ0v) is 90.1. The van der Waals surface area contributed by atoms with E-state index in [2.05, 4.69) is 58.2 Å². The third kappa shape index (κ3) is 28.8. The normalized spacial score (nSPS) is 19.4. The molecule has 32 heteroatoms. The molecule has 0 bridgehead atoms. The molecule has 30 nitrogen and oxygen atoms in total. The third-order valence-corrected chi connectivity index (χ3v) is 32.4. The lowest BCUT2D eigenvalue weighted by Gasteiger charge is -2.39. The van der Waals surface area contributed by atoms with E-state index >= 15 is 0 Å². The van der Waals surface area contributed by atoms with E-state index in [4.69, 9.17) is 9.40 Å². The maximum absolute atomic E-state index is 14.2. The monoisotopic (exact) mass is 2080 g/mol. The van der Waals surface area contributed by atoms with Crippen molar-refractivity contribution in [3.05, 3.63) is 248 Å². The SMILES string of the molecule is CC[C@@H](C)C(=O)N[C@H](C(=O)N1CCC[C@H]1C(=O)Nc1sc(-c2ncco2)nc1-c1ccccc1)C1CCCCC1.CC[C@@H](C)C(=O)N[C@H](C(=O)N1CCC[C@H]1c1nc(C(=O)c2ccc(C)cc2)cs1)C1CCCCC1.CC[C@@H](C)C(=O)N[C@H]1CN(C(=O)CC(C)C)CC[C@H]2CC[C@@H](C(=O)NC(c3ccccc3)c3ccccc3)N2C1=O.CC[C@@H](C)C(=O)Nc1cnc(-c2ccccc2)n(CC(=O)NC2CCCc3ccccc32)c1=O. The Labute approximate surface area is 888 Å². The van der Waals surface area contributed by atoms with Crippen LogP contribution >= 0.6 is 22.7 Å². The summed E-state index contributed by atoms with van der Waals surface area (Å²) in [6.07, 6.45) is 25.7. The number of likely N-dealkylation sites (tertiary alicyclic amines) is 2. The average molecular weight is 2080 g/mol. The van der Waals surface area contributed by atoms with Gasteiger partial charge >= 0.3 is 0 Å². The molecular formula is C118H148N16O14S2. The van der Waals surface area contributed by atoms with Crippen molar-refractivity contribution in [3.63, 3.8) is 0 Å². The average Bonchev–Trinajstić information content (AvgIpc) is 1.63. The van der Waals surface area contributed by atoms with Crippen LogP contribution in [0.4, 0.5) is 10.7 Å². The standard InChI is InChI=1S/C33H44N4O4.C30H37N5O4S.C28H37N3O3S.C27H30N4O3/c1-5-23(4)31(39)34-27-21-36(29(38)20-22(2)3)19-18-26-16-17-28(37(26)33(27)41)32(40)35-30(24-12-8-6-9-13-24)25-14-10-7-11-15-25;1-3-19(2)25(36)32-24(21-13-8-5-9-14-21)30(38)35-17-10-15-22(35)26(37)34-28-23(20-11-6-4-7-12-20)33-29(40-28)27-31-16-18-39-27;1-4-19(3)26(33)30-24(20-9-6-5-7-10-20)28(34)31-16-8-11-23(31)27-29-22(17-35-27)25(32)21-14-12-18(2)13-15-21;1-3-18(2)26(33)30-23-16-28-25(20-11-5-4-6-12-20)31(27(23)34)17-24(32)29-22-15-9-13-19-10-7-8-14-21(19)22/h6-15,22-23,26-28,30H,5,16-21H2,1-4H3,(H,34,39)(H,35,40);4,6-7,11-12,16,18-19,21-22,24H,3,5,8-10,13-15,17H2,1-2H3,(H,32,36)(H,34,37);12-15,17,19-20,23-24H,4-11,16H2,1-3H3,(H,30,33);4-8,10-12,14,16,18,22H,3,9,13,15,17H2,1-2H3,(H,29,32)(H,30,33)/t23-,26-,27+,28+;19-,22+,24+;19-,23+,24+;18-,22?/m1111/s1. The molecule has 8 heterocycles. The number of benzene rings is 6. The second-order valence-electron chi connectivity index (χ2n) is 41.5. The van der Waals surface area contributed by atoms with Crippen LogP contribution in [0.2, 0.25) is 0 Å². The zero-order valence-electron chi connectivity index (χ0n) is 88.5. The summed E-state index contributed by atoms with van der Waals surface area (Å²) in [5.41, 5.74) is 8.27. The Bertz CT molecular complexity index is 6250. The zero-order chi connectivity index (χ0) is 107. The minimum atomic E-state index is -0.900. The van der Waals surface area contributed by atoms with Gasteiger partial charge in [0.15, 0.2) is 5.01 Å². The number of rotatable bonds is 33. The van der Waals surface area contributed by atoms with Gasteiger partial charge in [0.1, 0.15) is 75.9 Å². The van der Waals surface area contributed by atoms with E-state index < -0.39 is 35.8 Å². The largest absolute Gasteiger partial charge is 0.443 e. The summed E-state index contributed by atoms with van der Waals surface area (Å²) in [7, 11) is 0. The first kappa shape index (κ1) is 112. The van der Waals surface area contributed by atoms with Gasteiger partial charge in [-0.05, 0) is 163 Å². The molecule has 1 unspecified atom stereocenters. The number of carbonyl (C=O) groups is 12. The van der Waals surface area contributed by atoms with E-state index in [0.29, 0.717) is 110 Å². The molecule has 4 aromatic heterocycles. The number of hydrogen-bond donors (Lipinski definition) is 7. The number of aromatic nitrogens is 5. The molecule has 10 aromatic rings. The molecule has 4 aliphatic heterocycles. The summed E-state index contributed by atoms with van der Waals surface area (Å²) in [4.78, 5) is 198. The lowest BCUT2D eigenvalue weighted by molar-refractivity contribution is -0.147. The van der Waals surface area contributed by atoms with Gasteiger partial charge in [-0.3, -0.25) is 66.9 Å². The molecule has 6 fully saturated rings. The van der Waals surface area contributed by atoms with Crippen LogP contribution in [0.3, 0.4) is 0 Å². The molecule has 0 radical (unpaired) electrons. The Kier molecular flexibility index (Phi) is 40.6. The Morgan fingerprint density at radius 2 is 1.07 bits per heavy atom.